The van der Waals surface area contributed by atoms with E-state index in [1.807, 2.05) is 13.8 Å². The number of rotatable bonds is 4. The SMILES string of the molecule is Cc1noc(C)c1CN1CCC(NC(=O)c2ccncc2)C1. The quantitative estimate of drug-likeness (QED) is 0.930. The van der Waals surface area contributed by atoms with E-state index in [1.54, 1.807) is 24.5 Å². The smallest absolute Gasteiger partial charge is 0.251 e. The van der Waals surface area contributed by atoms with Crippen molar-refractivity contribution in [1.82, 2.24) is 20.4 Å². The molecular formula is C16H20N4O2. The molecular weight excluding hydrogens is 280 g/mol. The number of aryl methyl sites for hydroxylation is 2. The minimum absolute atomic E-state index is 0.0356. The topological polar surface area (TPSA) is 71.3 Å². The van der Waals surface area contributed by atoms with Crippen molar-refractivity contribution in [2.24, 2.45) is 0 Å². The molecule has 1 unspecified atom stereocenters. The number of nitrogens with zero attached hydrogens (tertiary/aromatic N) is 3. The lowest BCUT2D eigenvalue weighted by molar-refractivity contribution is 0.0937. The molecule has 6 nitrogen and oxygen atoms in total. The first kappa shape index (κ1) is 14.7. The van der Waals surface area contributed by atoms with Crippen LogP contribution in [0.2, 0.25) is 0 Å². The summed E-state index contributed by atoms with van der Waals surface area (Å²) in [6, 6.07) is 3.64. The second-order valence-corrected chi connectivity index (χ2v) is 5.73. The first-order chi connectivity index (χ1) is 10.6. The van der Waals surface area contributed by atoms with Gasteiger partial charge in [0.05, 0.1) is 5.69 Å². The highest BCUT2D eigenvalue weighted by molar-refractivity contribution is 5.94. The van der Waals surface area contributed by atoms with Gasteiger partial charge in [-0.25, -0.2) is 0 Å². The summed E-state index contributed by atoms with van der Waals surface area (Å²) < 4.78 is 5.20. The van der Waals surface area contributed by atoms with E-state index in [9.17, 15) is 4.79 Å². The third-order valence-electron chi connectivity index (χ3n) is 4.11. The highest BCUT2D eigenvalue weighted by atomic mass is 16.5. The van der Waals surface area contributed by atoms with E-state index in [4.69, 9.17) is 4.52 Å². The summed E-state index contributed by atoms with van der Waals surface area (Å²) >= 11 is 0. The number of carbonyl (C=O) groups is 1. The Hall–Kier alpha value is -2.21. The van der Waals surface area contributed by atoms with Crippen molar-refractivity contribution in [1.29, 1.82) is 0 Å². The molecule has 1 saturated heterocycles. The van der Waals surface area contributed by atoms with Gasteiger partial charge in [-0.2, -0.15) is 0 Å². The first-order valence-electron chi connectivity index (χ1n) is 7.48. The van der Waals surface area contributed by atoms with Gasteiger partial charge in [-0.3, -0.25) is 14.7 Å². The Bertz CT molecular complexity index is 634. The molecule has 0 spiro atoms. The molecule has 1 aliphatic heterocycles. The highest BCUT2D eigenvalue weighted by Gasteiger charge is 2.25. The third kappa shape index (κ3) is 3.17. The third-order valence-corrected chi connectivity index (χ3v) is 4.11. The van der Waals surface area contributed by atoms with Gasteiger partial charge in [-0.1, -0.05) is 5.16 Å². The lowest BCUT2D eigenvalue weighted by Gasteiger charge is -2.16. The van der Waals surface area contributed by atoms with Crippen LogP contribution in [0.1, 0.15) is 33.8 Å². The molecule has 3 rings (SSSR count). The van der Waals surface area contributed by atoms with Crippen LogP contribution in [0.4, 0.5) is 0 Å². The van der Waals surface area contributed by atoms with E-state index in [2.05, 4.69) is 20.4 Å². The number of nitrogens with one attached hydrogen (secondary N) is 1. The predicted molar refractivity (Wildman–Crippen MR) is 81.4 cm³/mol. The number of hydrogen-bond acceptors (Lipinski definition) is 5. The summed E-state index contributed by atoms with van der Waals surface area (Å²) in [5, 5.41) is 7.07. The Balaban J connectivity index is 1.55. The number of aromatic nitrogens is 2. The molecule has 6 heteroatoms. The molecule has 0 aromatic carbocycles. The summed E-state index contributed by atoms with van der Waals surface area (Å²) in [5.41, 5.74) is 2.75. The fourth-order valence-corrected chi connectivity index (χ4v) is 2.82. The Morgan fingerprint density at radius 3 is 2.86 bits per heavy atom. The summed E-state index contributed by atoms with van der Waals surface area (Å²) in [7, 11) is 0. The second-order valence-electron chi connectivity index (χ2n) is 5.73. The molecule has 22 heavy (non-hydrogen) atoms. The zero-order valence-corrected chi connectivity index (χ0v) is 12.9. The van der Waals surface area contributed by atoms with Crippen LogP contribution in [0.25, 0.3) is 0 Å². The van der Waals surface area contributed by atoms with Crippen LogP contribution in [-0.4, -0.2) is 40.1 Å². The van der Waals surface area contributed by atoms with Crippen molar-refractivity contribution in [2.75, 3.05) is 13.1 Å². The maximum Gasteiger partial charge on any atom is 0.251 e. The standard InChI is InChI=1S/C16H20N4O2/c1-11-15(12(2)22-19-11)10-20-8-5-14(9-20)18-16(21)13-3-6-17-7-4-13/h3-4,6-7,14H,5,8-10H2,1-2H3,(H,18,21). The average molecular weight is 300 g/mol. The molecule has 0 aliphatic carbocycles. The molecule has 0 saturated carbocycles. The number of hydrogen-bond donors (Lipinski definition) is 1. The Labute approximate surface area is 129 Å². The normalized spacial score (nSPS) is 18.5. The minimum atomic E-state index is -0.0356. The van der Waals surface area contributed by atoms with Gasteiger partial charge in [-0.15, -0.1) is 0 Å². The lowest BCUT2D eigenvalue weighted by Crippen LogP contribution is -2.37. The van der Waals surface area contributed by atoms with Crippen LogP contribution >= 0.6 is 0 Å². The zero-order valence-electron chi connectivity index (χ0n) is 12.9. The molecule has 1 amide bonds. The van der Waals surface area contributed by atoms with Crippen molar-refractivity contribution < 1.29 is 9.32 Å². The first-order valence-corrected chi connectivity index (χ1v) is 7.48. The molecule has 116 valence electrons. The van der Waals surface area contributed by atoms with E-state index in [0.29, 0.717) is 5.56 Å². The van der Waals surface area contributed by atoms with Crippen molar-refractivity contribution in [2.45, 2.75) is 32.9 Å². The zero-order chi connectivity index (χ0) is 15.5. The van der Waals surface area contributed by atoms with Crippen LogP contribution in [0.15, 0.2) is 29.0 Å². The fourth-order valence-electron chi connectivity index (χ4n) is 2.82. The van der Waals surface area contributed by atoms with Gasteiger partial charge in [0.2, 0.25) is 0 Å². The Morgan fingerprint density at radius 1 is 1.41 bits per heavy atom. The van der Waals surface area contributed by atoms with E-state index >= 15 is 0 Å². The van der Waals surface area contributed by atoms with Crippen LogP contribution in [0.3, 0.4) is 0 Å². The average Bonchev–Trinajstić information content (AvgIpc) is 3.10. The van der Waals surface area contributed by atoms with E-state index in [-0.39, 0.29) is 11.9 Å². The summed E-state index contributed by atoms with van der Waals surface area (Å²) in [6.45, 7) is 6.54. The highest BCUT2D eigenvalue weighted by Crippen LogP contribution is 2.19. The molecule has 2 aromatic heterocycles. The molecule has 3 heterocycles. The molecule has 1 N–H and O–H groups in total. The monoisotopic (exact) mass is 300 g/mol. The number of carbonyl (C=O) groups excluding carboxylic acids is 1. The molecule has 2 aromatic rings. The molecule has 0 bridgehead atoms. The van der Waals surface area contributed by atoms with Gasteiger partial charge in [0.1, 0.15) is 5.76 Å². The van der Waals surface area contributed by atoms with Gasteiger partial charge in [0, 0.05) is 49.2 Å². The molecule has 1 atom stereocenters. The maximum absolute atomic E-state index is 12.2. The van der Waals surface area contributed by atoms with Gasteiger partial charge in [-0.05, 0) is 32.4 Å². The second kappa shape index (κ2) is 6.27. The summed E-state index contributed by atoms with van der Waals surface area (Å²) in [5.74, 6) is 0.841. The molecule has 1 fully saturated rings. The van der Waals surface area contributed by atoms with Crippen molar-refractivity contribution >= 4 is 5.91 Å². The van der Waals surface area contributed by atoms with Crippen molar-refractivity contribution in [3.63, 3.8) is 0 Å². The fraction of sp³-hybridized carbons (Fsp3) is 0.438. The molecule has 0 radical (unpaired) electrons. The summed E-state index contributed by atoms with van der Waals surface area (Å²) in [4.78, 5) is 18.4. The van der Waals surface area contributed by atoms with E-state index in [1.165, 1.54) is 0 Å². The maximum atomic E-state index is 12.2. The van der Waals surface area contributed by atoms with Gasteiger partial charge in [0.15, 0.2) is 0 Å². The predicted octanol–water partition coefficient (Wildman–Crippen LogP) is 1.69. The van der Waals surface area contributed by atoms with E-state index < -0.39 is 0 Å². The van der Waals surface area contributed by atoms with Crippen LogP contribution < -0.4 is 5.32 Å². The number of likely N-dealkylation sites (tertiary alicyclic amines) is 1. The largest absolute Gasteiger partial charge is 0.361 e. The van der Waals surface area contributed by atoms with Gasteiger partial charge < -0.3 is 9.84 Å². The number of pyridine rings is 1. The van der Waals surface area contributed by atoms with Crippen molar-refractivity contribution in [3.8, 4) is 0 Å². The minimum Gasteiger partial charge on any atom is -0.361 e. The van der Waals surface area contributed by atoms with Crippen LogP contribution in [0.5, 0.6) is 0 Å². The van der Waals surface area contributed by atoms with E-state index in [0.717, 1.165) is 43.1 Å². The lowest BCUT2D eigenvalue weighted by atomic mass is 10.2. The van der Waals surface area contributed by atoms with Crippen LogP contribution in [0, 0.1) is 13.8 Å². The van der Waals surface area contributed by atoms with Gasteiger partial charge in [0.25, 0.3) is 5.91 Å². The van der Waals surface area contributed by atoms with Crippen LogP contribution in [-0.2, 0) is 6.54 Å². The Kier molecular flexibility index (Phi) is 4.20. The van der Waals surface area contributed by atoms with Crippen molar-refractivity contribution in [3.05, 3.63) is 47.1 Å². The summed E-state index contributed by atoms with van der Waals surface area (Å²) in [6.07, 6.45) is 4.22. The van der Waals surface area contributed by atoms with Gasteiger partial charge >= 0.3 is 0 Å². The molecule has 1 aliphatic rings. The number of amides is 1. The Morgan fingerprint density at radius 2 is 2.18 bits per heavy atom.